The van der Waals surface area contributed by atoms with E-state index in [1.807, 2.05) is 6.92 Å². The molecule has 1 fully saturated rings. The molecule has 1 aliphatic carbocycles. The molecule has 84 valence electrons. The monoisotopic (exact) mass is 230 g/mol. The second-order valence-electron chi connectivity index (χ2n) is 3.74. The Labute approximate surface area is 88.6 Å². The average molecular weight is 230 g/mol. The second-order valence-corrected chi connectivity index (χ2v) is 5.27. The summed E-state index contributed by atoms with van der Waals surface area (Å²) < 4.78 is 27.9. The van der Waals surface area contributed by atoms with Crippen molar-refractivity contribution in [1.82, 2.24) is 19.6 Å². The Morgan fingerprint density at radius 3 is 2.87 bits per heavy atom. The van der Waals surface area contributed by atoms with Gasteiger partial charge in [0.1, 0.15) is 0 Å². The molecule has 1 heterocycles. The molecule has 2 rings (SSSR count). The molecule has 6 nitrogen and oxygen atoms in total. The molecule has 0 atom stereocenters. The Hall–Kier alpha value is -0.920. The number of hydrogen-bond acceptors (Lipinski definition) is 3. The predicted molar refractivity (Wildman–Crippen MR) is 55.2 cm³/mol. The van der Waals surface area contributed by atoms with Crippen LogP contribution in [-0.2, 0) is 16.8 Å². The summed E-state index contributed by atoms with van der Waals surface area (Å²) in [7, 11) is -3.35. The Balaban J connectivity index is 1.89. The lowest BCUT2D eigenvalue weighted by molar-refractivity contribution is 0.565. The fourth-order valence-electron chi connectivity index (χ4n) is 1.19. The molecule has 1 aliphatic rings. The van der Waals surface area contributed by atoms with E-state index in [1.54, 1.807) is 6.20 Å². The highest BCUT2D eigenvalue weighted by atomic mass is 32.2. The van der Waals surface area contributed by atoms with Crippen molar-refractivity contribution >= 4 is 10.2 Å². The maximum atomic E-state index is 11.4. The minimum Gasteiger partial charge on any atom is -0.283 e. The van der Waals surface area contributed by atoms with Crippen LogP contribution in [0.1, 0.15) is 24.1 Å². The topological polar surface area (TPSA) is 86.9 Å². The summed E-state index contributed by atoms with van der Waals surface area (Å²) in [5, 5.41) is 6.57. The molecule has 0 unspecified atom stereocenters. The van der Waals surface area contributed by atoms with E-state index < -0.39 is 10.2 Å². The van der Waals surface area contributed by atoms with E-state index in [1.165, 1.54) is 0 Å². The van der Waals surface area contributed by atoms with Crippen molar-refractivity contribution in [3.8, 4) is 0 Å². The quantitative estimate of drug-likeness (QED) is 0.655. The molecule has 0 aliphatic heterocycles. The highest BCUT2D eigenvalue weighted by molar-refractivity contribution is 7.87. The van der Waals surface area contributed by atoms with Crippen molar-refractivity contribution in [2.24, 2.45) is 0 Å². The van der Waals surface area contributed by atoms with Gasteiger partial charge in [-0.25, -0.2) is 0 Å². The lowest BCUT2D eigenvalue weighted by atomic mass is 10.3. The number of H-pyrrole nitrogens is 1. The van der Waals surface area contributed by atoms with Gasteiger partial charge in [0.25, 0.3) is 10.2 Å². The maximum Gasteiger partial charge on any atom is 0.277 e. The zero-order chi connectivity index (χ0) is 10.9. The van der Waals surface area contributed by atoms with Crippen molar-refractivity contribution in [1.29, 1.82) is 0 Å². The smallest absolute Gasteiger partial charge is 0.277 e. The van der Waals surface area contributed by atoms with Crippen LogP contribution >= 0.6 is 0 Å². The number of hydrogen-bond donors (Lipinski definition) is 3. The normalized spacial score (nSPS) is 16.9. The van der Waals surface area contributed by atoms with Gasteiger partial charge in [-0.1, -0.05) is 0 Å². The summed E-state index contributed by atoms with van der Waals surface area (Å²) in [6.07, 6.45) is 3.49. The van der Waals surface area contributed by atoms with Gasteiger partial charge in [0.05, 0.1) is 6.20 Å². The summed E-state index contributed by atoms with van der Waals surface area (Å²) >= 11 is 0. The van der Waals surface area contributed by atoms with Crippen LogP contribution in [0.3, 0.4) is 0 Å². The van der Waals surface area contributed by atoms with E-state index in [0.717, 1.165) is 24.1 Å². The number of nitrogens with one attached hydrogen (secondary N) is 3. The molecule has 1 aromatic heterocycles. The molecule has 0 radical (unpaired) electrons. The van der Waals surface area contributed by atoms with Gasteiger partial charge in [-0.15, -0.1) is 0 Å². The highest BCUT2D eigenvalue weighted by Crippen LogP contribution is 2.19. The molecule has 0 spiro atoms. The molecule has 0 aromatic carbocycles. The SMILES string of the molecule is Cc1[nH]ncc1CNS(=O)(=O)NC1CC1. The van der Waals surface area contributed by atoms with Crippen LogP contribution in [0.5, 0.6) is 0 Å². The summed E-state index contributed by atoms with van der Waals surface area (Å²) in [6, 6.07) is 0.132. The van der Waals surface area contributed by atoms with E-state index in [0.29, 0.717) is 0 Å². The van der Waals surface area contributed by atoms with Crippen molar-refractivity contribution in [2.75, 3.05) is 0 Å². The average Bonchev–Trinajstić information content (AvgIpc) is 2.84. The lowest BCUT2D eigenvalue weighted by Gasteiger charge is -2.06. The van der Waals surface area contributed by atoms with E-state index in [2.05, 4.69) is 19.6 Å². The number of rotatable bonds is 5. The lowest BCUT2D eigenvalue weighted by Crippen LogP contribution is -2.37. The van der Waals surface area contributed by atoms with Crippen LogP contribution in [0.25, 0.3) is 0 Å². The molecular weight excluding hydrogens is 216 g/mol. The largest absolute Gasteiger partial charge is 0.283 e. The number of aromatic amines is 1. The van der Waals surface area contributed by atoms with Gasteiger partial charge in [0.2, 0.25) is 0 Å². The standard InChI is InChI=1S/C8H14N4O2S/c1-6-7(4-9-11-6)5-10-15(13,14)12-8-2-3-8/h4,8,10,12H,2-3,5H2,1H3,(H,9,11). The van der Waals surface area contributed by atoms with Crippen LogP contribution in [0.4, 0.5) is 0 Å². The van der Waals surface area contributed by atoms with Crippen molar-refractivity contribution in [3.05, 3.63) is 17.5 Å². The van der Waals surface area contributed by atoms with Gasteiger partial charge >= 0.3 is 0 Å². The summed E-state index contributed by atoms with van der Waals surface area (Å²) in [5.41, 5.74) is 1.74. The fraction of sp³-hybridized carbons (Fsp3) is 0.625. The molecule has 0 amide bonds. The highest BCUT2D eigenvalue weighted by Gasteiger charge is 2.26. The van der Waals surface area contributed by atoms with Gasteiger partial charge in [-0.3, -0.25) is 5.10 Å². The van der Waals surface area contributed by atoms with Crippen molar-refractivity contribution < 1.29 is 8.42 Å². The Morgan fingerprint density at radius 1 is 1.60 bits per heavy atom. The first-order valence-electron chi connectivity index (χ1n) is 4.82. The number of aryl methyl sites for hydroxylation is 1. The van der Waals surface area contributed by atoms with Crippen LogP contribution in [0.2, 0.25) is 0 Å². The minimum absolute atomic E-state index is 0.132. The van der Waals surface area contributed by atoms with Crippen molar-refractivity contribution in [3.63, 3.8) is 0 Å². The molecule has 15 heavy (non-hydrogen) atoms. The minimum atomic E-state index is -3.35. The van der Waals surface area contributed by atoms with Gasteiger partial charge < -0.3 is 0 Å². The molecule has 0 saturated heterocycles. The first kappa shape index (κ1) is 10.6. The summed E-state index contributed by atoms with van der Waals surface area (Å²) in [6.45, 7) is 2.12. The Bertz CT molecular complexity index is 435. The zero-order valence-electron chi connectivity index (χ0n) is 8.45. The van der Waals surface area contributed by atoms with Gasteiger partial charge in [-0.2, -0.15) is 23.0 Å². The van der Waals surface area contributed by atoms with Crippen LogP contribution < -0.4 is 9.44 Å². The zero-order valence-corrected chi connectivity index (χ0v) is 9.26. The summed E-state index contributed by atoms with van der Waals surface area (Å²) in [4.78, 5) is 0. The molecule has 7 heteroatoms. The third-order valence-electron chi connectivity index (χ3n) is 2.29. The van der Waals surface area contributed by atoms with Gasteiger partial charge in [0, 0.05) is 23.8 Å². The van der Waals surface area contributed by atoms with Crippen molar-refractivity contribution in [2.45, 2.75) is 32.4 Å². The fourth-order valence-corrected chi connectivity index (χ4v) is 2.29. The molecule has 1 aromatic rings. The van der Waals surface area contributed by atoms with Gasteiger partial charge in [-0.05, 0) is 19.8 Å². The number of aromatic nitrogens is 2. The van der Waals surface area contributed by atoms with Crippen LogP contribution in [0, 0.1) is 6.92 Å². The van der Waals surface area contributed by atoms with E-state index >= 15 is 0 Å². The van der Waals surface area contributed by atoms with E-state index in [9.17, 15) is 8.42 Å². The van der Waals surface area contributed by atoms with Crippen LogP contribution in [-0.4, -0.2) is 24.7 Å². The summed E-state index contributed by atoms with van der Waals surface area (Å²) in [5.74, 6) is 0. The first-order valence-corrected chi connectivity index (χ1v) is 6.31. The predicted octanol–water partition coefficient (Wildman–Crippen LogP) is -0.195. The Kier molecular flexibility index (Phi) is 2.76. The van der Waals surface area contributed by atoms with Crippen LogP contribution in [0.15, 0.2) is 6.20 Å². The first-order chi connectivity index (χ1) is 7.07. The number of nitrogens with zero attached hydrogens (tertiary/aromatic N) is 1. The van der Waals surface area contributed by atoms with E-state index in [4.69, 9.17) is 0 Å². The second kappa shape index (κ2) is 3.92. The van der Waals surface area contributed by atoms with E-state index in [-0.39, 0.29) is 12.6 Å². The molecule has 1 saturated carbocycles. The third-order valence-corrected chi connectivity index (χ3v) is 3.45. The maximum absolute atomic E-state index is 11.4. The Morgan fingerprint density at radius 2 is 2.33 bits per heavy atom. The molecular formula is C8H14N4O2S. The third kappa shape index (κ3) is 3.01. The van der Waals surface area contributed by atoms with Gasteiger partial charge in [0.15, 0.2) is 0 Å². The molecule has 3 N–H and O–H groups in total. The molecule has 0 bridgehead atoms.